The predicted octanol–water partition coefficient (Wildman–Crippen LogP) is 4.67. The van der Waals surface area contributed by atoms with Gasteiger partial charge in [0.25, 0.3) is 5.91 Å². The molecule has 25 heavy (non-hydrogen) atoms. The molecule has 0 bridgehead atoms. The molecule has 0 saturated heterocycles. The Morgan fingerprint density at radius 1 is 1.12 bits per heavy atom. The quantitative estimate of drug-likeness (QED) is 0.709. The molecular weight excluding hydrogens is 386 g/mol. The second kappa shape index (κ2) is 8.67. The van der Waals surface area contributed by atoms with Crippen LogP contribution < -0.4 is 10.1 Å². The normalized spacial score (nSPS) is 10.4. The van der Waals surface area contributed by atoms with E-state index in [9.17, 15) is 9.59 Å². The number of carbonyl (C=O) groups is 2. The van der Waals surface area contributed by atoms with Crippen LogP contribution in [0.3, 0.4) is 0 Å². The van der Waals surface area contributed by atoms with Crippen molar-refractivity contribution >= 4 is 33.5 Å². The monoisotopic (exact) mass is 405 g/mol. The van der Waals surface area contributed by atoms with E-state index in [0.717, 1.165) is 4.47 Å². The molecular formula is C19H20BrNO4. The van der Waals surface area contributed by atoms with Crippen LogP contribution in [-0.4, -0.2) is 24.6 Å². The summed E-state index contributed by atoms with van der Waals surface area (Å²) in [5.74, 6) is -0.167. The fourth-order valence-corrected chi connectivity index (χ4v) is 2.50. The molecule has 132 valence electrons. The molecule has 0 unspecified atom stereocenters. The van der Waals surface area contributed by atoms with E-state index >= 15 is 0 Å². The number of esters is 1. The van der Waals surface area contributed by atoms with Crippen molar-refractivity contribution < 1.29 is 19.1 Å². The average Bonchev–Trinajstić information content (AvgIpc) is 2.57. The first-order valence-electron chi connectivity index (χ1n) is 7.95. The smallest absolute Gasteiger partial charge is 0.338 e. The number of hydrogen-bond acceptors (Lipinski definition) is 4. The maximum atomic E-state index is 12.6. The largest absolute Gasteiger partial charge is 0.490 e. The van der Waals surface area contributed by atoms with Gasteiger partial charge in [-0.1, -0.05) is 15.9 Å². The molecule has 2 aromatic carbocycles. The maximum absolute atomic E-state index is 12.6. The molecule has 0 atom stereocenters. The Hall–Kier alpha value is -2.34. The van der Waals surface area contributed by atoms with E-state index in [0.29, 0.717) is 29.2 Å². The fraction of sp³-hybridized carbons (Fsp3) is 0.263. The van der Waals surface area contributed by atoms with Crippen LogP contribution in [0.25, 0.3) is 0 Å². The van der Waals surface area contributed by atoms with Gasteiger partial charge < -0.3 is 14.8 Å². The number of amides is 1. The summed E-state index contributed by atoms with van der Waals surface area (Å²) >= 11 is 3.37. The molecule has 0 aromatic heterocycles. The Kier molecular flexibility index (Phi) is 6.58. The van der Waals surface area contributed by atoms with Gasteiger partial charge in [0.15, 0.2) is 0 Å². The topological polar surface area (TPSA) is 64.6 Å². The molecule has 0 aliphatic heterocycles. The Morgan fingerprint density at radius 2 is 1.80 bits per heavy atom. The third-order valence-corrected chi connectivity index (χ3v) is 3.70. The minimum Gasteiger partial charge on any atom is -0.490 e. The summed E-state index contributed by atoms with van der Waals surface area (Å²) in [6.45, 7) is 5.87. The van der Waals surface area contributed by atoms with Gasteiger partial charge in [0, 0.05) is 10.2 Å². The standard InChI is InChI=1S/C19H20BrNO4/c1-4-24-19(23)13-5-8-15(9-6-13)21-18(22)16-11-14(20)7-10-17(16)25-12(2)3/h5-12H,4H2,1-3H3,(H,21,22). The van der Waals surface area contributed by atoms with Gasteiger partial charge in [0.2, 0.25) is 0 Å². The SMILES string of the molecule is CCOC(=O)c1ccc(NC(=O)c2cc(Br)ccc2OC(C)C)cc1. The Labute approximate surface area is 155 Å². The summed E-state index contributed by atoms with van der Waals surface area (Å²) in [6.07, 6.45) is -0.0448. The van der Waals surface area contributed by atoms with Crippen LogP contribution in [0.5, 0.6) is 5.75 Å². The van der Waals surface area contributed by atoms with E-state index < -0.39 is 0 Å². The summed E-state index contributed by atoms with van der Waals surface area (Å²) in [5, 5.41) is 2.81. The van der Waals surface area contributed by atoms with Crippen LogP contribution in [0.2, 0.25) is 0 Å². The van der Waals surface area contributed by atoms with Crippen LogP contribution >= 0.6 is 15.9 Å². The highest BCUT2D eigenvalue weighted by Gasteiger charge is 2.15. The Bertz CT molecular complexity index is 757. The molecule has 6 heteroatoms. The van der Waals surface area contributed by atoms with Crippen LogP contribution in [0.1, 0.15) is 41.5 Å². The third-order valence-electron chi connectivity index (χ3n) is 3.20. The number of halogens is 1. The number of ether oxygens (including phenoxy) is 2. The maximum Gasteiger partial charge on any atom is 0.338 e. The number of anilines is 1. The fourth-order valence-electron chi connectivity index (χ4n) is 2.14. The molecule has 5 nitrogen and oxygen atoms in total. The third kappa shape index (κ3) is 5.32. The average molecular weight is 406 g/mol. The van der Waals surface area contributed by atoms with Crippen molar-refractivity contribution in [2.24, 2.45) is 0 Å². The molecule has 1 amide bonds. The van der Waals surface area contributed by atoms with Crippen LogP contribution in [-0.2, 0) is 4.74 Å². The van der Waals surface area contributed by atoms with Crippen molar-refractivity contribution in [2.45, 2.75) is 26.9 Å². The van der Waals surface area contributed by atoms with Crippen molar-refractivity contribution in [2.75, 3.05) is 11.9 Å². The Balaban J connectivity index is 2.17. The lowest BCUT2D eigenvalue weighted by Gasteiger charge is -2.14. The van der Waals surface area contributed by atoms with E-state index in [1.165, 1.54) is 0 Å². The summed E-state index contributed by atoms with van der Waals surface area (Å²) in [5.41, 5.74) is 1.44. The molecule has 0 heterocycles. The van der Waals surface area contributed by atoms with E-state index in [1.54, 1.807) is 43.3 Å². The van der Waals surface area contributed by atoms with E-state index in [1.807, 2.05) is 19.9 Å². The summed E-state index contributed by atoms with van der Waals surface area (Å²) < 4.78 is 11.4. The minimum absolute atomic E-state index is 0.0448. The predicted molar refractivity (Wildman–Crippen MR) is 100 cm³/mol. The first kappa shape index (κ1) is 19.0. The molecule has 1 N–H and O–H groups in total. The lowest BCUT2D eigenvalue weighted by Crippen LogP contribution is -2.16. The van der Waals surface area contributed by atoms with E-state index in [-0.39, 0.29) is 18.0 Å². The zero-order valence-corrected chi connectivity index (χ0v) is 15.9. The van der Waals surface area contributed by atoms with Gasteiger partial charge in [-0.25, -0.2) is 4.79 Å². The Morgan fingerprint density at radius 3 is 2.40 bits per heavy atom. The van der Waals surface area contributed by atoms with Crippen molar-refractivity contribution in [1.29, 1.82) is 0 Å². The van der Waals surface area contributed by atoms with E-state index in [2.05, 4.69) is 21.2 Å². The highest BCUT2D eigenvalue weighted by Crippen LogP contribution is 2.25. The number of hydrogen-bond donors (Lipinski definition) is 1. The molecule has 0 saturated carbocycles. The van der Waals surface area contributed by atoms with Gasteiger partial charge in [0.1, 0.15) is 5.75 Å². The molecule has 0 radical (unpaired) electrons. The zero-order chi connectivity index (χ0) is 18.4. The van der Waals surface area contributed by atoms with Crippen LogP contribution in [0, 0.1) is 0 Å². The summed E-state index contributed by atoms with van der Waals surface area (Å²) in [7, 11) is 0. The van der Waals surface area contributed by atoms with Crippen molar-refractivity contribution in [3.63, 3.8) is 0 Å². The second-order valence-corrected chi connectivity index (χ2v) is 6.47. The lowest BCUT2D eigenvalue weighted by molar-refractivity contribution is 0.0526. The summed E-state index contributed by atoms with van der Waals surface area (Å²) in [4.78, 5) is 24.2. The highest BCUT2D eigenvalue weighted by atomic mass is 79.9. The molecule has 2 aromatic rings. The van der Waals surface area contributed by atoms with Crippen molar-refractivity contribution in [1.82, 2.24) is 0 Å². The summed E-state index contributed by atoms with van der Waals surface area (Å²) in [6, 6.07) is 11.8. The molecule has 2 rings (SSSR count). The first-order valence-corrected chi connectivity index (χ1v) is 8.74. The first-order chi connectivity index (χ1) is 11.9. The minimum atomic E-state index is -0.389. The number of carbonyl (C=O) groups excluding carboxylic acids is 2. The highest BCUT2D eigenvalue weighted by molar-refractivity contribution is 9.10. The number of benzene rings is 2. The van der Waals surface area contributed by atoms with Gasteiger partial charge in [-0.2, -0.15) is 0 Å². The van der Waals surface area contributed by atoms with Gasteiger partial charge in [-0.05, 0) is 63.2 Å². The van der Waals surface area contributed by atoms with Crippen LogP contribution in [0.15, 0.2) is 46.9 Å². The molecule has 0 aliphatic rings. The molecule has 0 aliphatic carbocycles. The number of rotatable bonds is 6. The van der Waals surface area contributed by atoms with Gasteiger partial charge >= 0.3 is 5.97 Å². The molecule has 0 spiro atoms. The lowest BCUT2D eigenvalue weighted by atomic mass is 10.1. The van der Waals surface area contributed by atoms with Gasteiger partial charge in [-0.3, -0.25) is 4.79 Å². The van der Waals surface area contributed by atoms with Gasteiger partial charge in [0.05, 0.1) is 23.8 Å². The van der Waals surface area contributed by atoms with E-state index in [4.69, 9.17) is 9.47 Å². The van der Waals surface area contributed by atoms with Gasteiger partial charge in [-0.15, -0.1) is 0 Å². The van der Waals surface area contributed by atoms with Crippen molar-refractivity contribution in [3.05, 3.63) is 58.1 Å². The second-order valence-electron chi connectivity index (χ2n) is 5.56. The zero-order valence-electron chi connectivity index (χ0n) is 14.3. The van der Waals surface area contributed by atoms with Crippen LogP contribution in [0.4, 0.5) is 5.69 Å². The molecule has 0 fully saturated rings. The number of nitrogens with one attached hydrogen (secondary N) is 1. The van der Waals surface area contributed by atoms with Crippen molar-refractivity contribution in [3.8, 4) is 5.75 Å².